The van der Waals surface area contributed by atoms with Crippen molar-refractivity contribution in [3.05, 3.63) is 11.6 Å². The van der Waals surface area contributed by atoms with Gasteiger partial charge in [0.2, 0.25) is 0 Å². The van der Waals surface area contributed by atoms with Gasteiger partial charge in [-0.15, -0.1) is 0 Å². The Balaban J connectivity index is 1.37. The molecule has 0 aromatic rings. The van der Waals surface area contributed by atoms with E-state index < -0.39 is 18.3 Å². The van der Waals surface area contributed by atoms with Crippen molar-refractivity contribution in [3.8, 4) is 0 Å². The molecule has 2 aliphatic heterocycles. The standard InChI is InChI=1S/C37H68O6/c1-3-4-5-6-7-8-13-16-19-22-25-33(39)35-26-27-36(43-35)34(40)29-32(38)24-21-18-15-12-10-9-11-14-17-20-23-31-28-30(2)42-37(31)41/h28,30,32-36,38-40H,3-27,29H2,1-2H3/t30-,32-,33-,34+,35+,36+/m0/s1. The Morgan fingerprint density at radius 2 is 1.14 bits per heavy atom. The van der Waals surface area contributed by atoms with Crippen molar-refractivity contribution in [2.45, 2.75) is 217 Å². The SMILES string of the molecule is CCCCCCCCCCCC[C@H](O)[C@H]1CC[C@H]([C@H](O)C[C@@H](O)CCCCCCCCCCCCC2=C[C@H](C)OC2=O)O1. The molecule has 43 heavy (non-hydrogen) atoms. The number of hydrogen-bond donors (Lipinski definition) is 3. The summed E-state index contributed by atoms with van der Waals surface area (Å²) in [5.74, 6) is -0.127. The first kappa shape index (κ1) is 38.2. The fourth-order valence-electron chi connectivity index (χ4n) is 6.76. The van der Waals surface area contributed by atoms with Crippen molar-refractivity contribution in [2.75, 3.05) is 0 Å². The minimum absolute atomic E-state index is 0.0542. The van der Waals surface area contributed by atoms with Crippen LogP contribution in [0.15, 0.2) is 11.6 Å². The third kappa shape index (κ3) is 18.0. The van der Waals surface area contributed by atoms with Crippen LogP contribution in [0.4, 0.5) is 0 Å². The first-order chi connectivity index (χ1) is 20.9. The molecule has 6 heteroatoms. The van der Waals surface area contributed by atoms with E-state index in [0.29, 0.717) is 6.42 Å². The zero-order valence-corrected chi connectivity index (χ0v) is 28.0. The van der Waals surface area contributed by atoms with Gasteiger partial charge in [0.1, 0.15) is 6.10 Å². The number of esters is 1. The summed E-state index contributed by atoms with van der Waals surface area (Å²) in [6.07, 6.45) is 28.9. The number of aliphatic hydroxyl groups is 3. The molecule has 0 saturated carbocycles. The lowest BCUT2D eigenvalue weighted by Crippen LogP contribution is -2.33. The number of cyclic esters (lactones) is 1. The highest BCUT2D eigenvalue weighted by Crippen LogP contribution is 2.28. The topological polar surface area (TPSA) is 96.2 Å². The van der Waals surface area contributed by atoms with E-state index in [1.807, 2.05) is 13.0 Å². The number of carbonyl (C=O) groups excluding carboxylic acids is 1. The summed E-state index contributed by atoms with van der Waals surface area (Å²) in [7, 11) is 0. The quantitative estimate of drug-likeness (QED) is 0.0606. The zero-order valence-electron chi connectivity index (χ0n) is 28.0. The molecule has 0 amide bonds. The van der Waals surface area contributed by atoms with E-state index in [2.05, 4.69) is 6.92 Å². The Morgan fingerprint density at radius 1 is 0.674 bits per heavy atom. The number of ether oxygens (including phenoxy) is 2. The van der Waals surface area contributed by atoms with Gasteiger partial charge in [0.15, 0.2) is 0 Å². The van der Waals surface area contributed by atoms with Crippen molar-refractivity contribution in [1.82, 2.24) is 0 Å². The van der Waals surface area contributed by atoms with E-state index >= 15 is 0 Å². The van der Waals surface area contributed by atoms with Crippen molar-refractivity contribution in [1.29, 1.82) is 0 Å². The Morgan fingerprint density at radius 3 is 1.65 bits per heavy atom. The lowest BCUT2D eigenvalue weighted by atomic mass is 9.98. The number of aliphatic hydroxyl groups excluding tert-OH is 3. The normalized spacial score (nSPS) is 22.5. The van der Waals surface area contributed by atoms with E-state index in [0.717, 1.165) is 63.4 Å². The molecule has 252 valence electrons. The minimum Gasteiger partial charge on any atom is -0.455 e. The van der Waals surface area contributed by atoms with E-state index in [9.17, 15) is 20.1 Å². The average Bonchev–Trinajstić information content (AvgIpc) is 3.60. The molecule has 0 unspecified atom stereocenters. The van der Waals surface area contributed by atoms with E-state index in [1.54, 1.807) is 0 Å². The van der Waals surface area contributed by atoms with Crippen LogP contribution in [0.3, 0.4) is 0 Å². The van der Waals surface area contributed by atoms with Crippen LogP contribution < -0.4 is 0 Å². The summed E-state index contributed by atoms with van der Waals surface area (Å²) in [6, 6.07) is 0. The Labute approximate surface area is 264 Å². The molecule has 0 aromatic carbocycles. The monoisotopic (exact) mass is 609 g/mol. The van der Waals surface area contributed by atoms with Crippen LogP contribution >= 0.6 is 0 Å². The molecule has 1 saturated heterocycles. The van der Waals surface area contributed by atoms with Crippen LogP contribution in [0.2, 0.25) is 0 Å². The van der Waals surface area contributed by atoms with E-state index in [4.69, 9.17) is 9.47 Å². The summed E-state index contributed by atoms with van der Waals surface area (Å²) in [5.41, 5.74) is 0.859. The number of rotatable bonds is 28. The molecule has 0 radical (unpaired) electrons. The first-order valence-electron chi connectivity index (χ1n) is 18.5. The molecular weight excluding hydrogens is 540 g/mol. The predicted molar refractivity (Wildman–Crippen MR) is 176 cm³/mol. The lowest BCUT2D eigenvalue weighted by Gasteiger charge is -2.23. The maximum atomic E-state index is 11.6. The summed E-state index contributed by atoms with van der Waals surface area (Å²) in [5, 5.41) is 31.7. The number of unbranched alkanes of at least 4 members (excludes halogenated alkanes) is 18. The molecule has 2 heterocycles. The van der Waals surface area contributed by atoms with Crippen molar-refractivity contribution in [2.24, 2.45) is 0 Å². The minimum atomic E-state index is -0.656. The molecule has 0 aliphatic carbocycles. The molecule has 3 N–H and O–H groups in total. The molecule has 6 atom stereocenters. The fourth-order valence-corrected chi connectivity index (χ4v) is 6.76. The van der Waals surface area contributed by atoms with E-state index in [-0.39, 0.29) is 24.3 Å². The molecule has 2 aliphatic rings. The maximum absolute atomic E-state index is 11.6. The van der Waals surface area contributed by atoms with Crippen LogP contribution in [-0.2, 0) is 14.3 Å². The van der Waals surface area contributed by atoms with Gasteiger partial charge in [-0.3, -0.25) is 0 Å². The van der Waals surface area contributed by atoms with Gasteiger partial charge in [0.25, 0.3) is 0 Å². The van der Waals surface area contributed by atoms with Crippen LogP contribution in [0.25, 0.3) is 0 Å². The summed E-state index contributed by atoms with van der Waals surface area (Å²) in [4.78, 5) is 11.6. The molecule has 0 bridgehead atoms. The molecule has 1 fully saturated rings. The first-order valence-corrected chi connectivity index (χ1v) is 18.5. The van der Waals surface area contributed by atoms with E-state index in [1.165, 1.54) is 103 Å². The molecule has 0 aromatic heterocycles. The molecule has 0 spiro atoms. The fraction of sp³-hybridized carbons (Fsp3) is 0.919. The summed E-state index contributed by atoms with van der Waals surface area (Å²) in [6.45, 7) is 4.17. The lowest BCUT2D eigenvalue weighted by molar-refractivity contribution is -0.139. The second kappa shape index (κ2) is 24.3. The maximum Gasteiger partial charge on any atom is 0.334 e. The van der Waals surface area contributed by atoms with Crippen molar-refractivity contribution >= 4 is 5.97 Å². The van der Waals surface area contributed by atoms with Gasteiger partial charge in [0, 0.05) is 12.0 Å². The third-order valence-electron chi connectivity index (χ3n) is 9.54. The van der Waals surface area contributed by atoms with Gasteiger partial charge in [-0.2, -0.15) is 0 Å². The number of hydrogen-bond acceptors (Lipinski definition) is 6. The largest absolute Gasteiger partial charge is 0.455 e. The Hall–Kier alpha value is -0.950. The van der Waals surface area contributed by atoms with Crippen molar-refractivity contribution in [3.63, 3.8) is 0 Å². The zero-order chi connectivity index (χ0) is 31.1. The van der Waals surface area contributed by atoms with Gasteiger partial charge < -0.3 is 24.8 Å². The van der Waals surface area contributed by atoms with Crippen LogP contribution in [0.1, 0.15) is 181 Å². The molecule has 6 nitrogen and oxygen atoms in total. The highest BCUT2D eigenvalue weighted by atomic mass is 16.5. The van der Waals surface area contributed by atoms with Crippen LogP contribution in [-0.4, -0.2) is 57.9 Å². The Bertz CT molecular complexity index is 724. The third-order valence-corrected chi connectivity index (χ3v) is 9.54. The van der Waals surface area contributed by atoms with Gasteiger partial charge in [0.05, 0.1) is 30.5 Å². The van der Waals surface area contributed by atoms with Gasteiger partial charge >= 0.3 is 5.97 Å². The van der Waals surface area contributed by atoms with Crippen LogP contribution in [0.5, 0.6) is 0 Å². The van der Waals surface area contributed by atoms with Gasteiger partial charge in [-0.1, -0.05) is 129 Å². The van der Waals surface area contributed by atoms with Crippen LogP contribution in [0, 0.1) is 0 Å². The summed E-state index contributed by atoms with van der Waals surface area (Å²) >= 11 is 0. The second-order valence-electron chi connectivity index (χ2n) is 13.7. The smallest absolute Gasteiger partial charge is 0.334 e. The Kier molecular flexibility index (Phi) is 21.6. The highest BCUT2D eigenvalue weighted by Gasteiger charge is 2.35. The van der Waals surface area contributed by atoms with Gasteiger partial charge in [-0.05, 0) is 51.5 Å². The predicted octanol–water partition coefficient (Wildman–Crippen LogP) is 8.87. The van der Waals surface area contributed by atoms with Gasteiger partial charge in [-0.25, -0.2) is 4.79 Å². The molecular formula is C37H68O6. The molecule has 2 rings (SSSR count). The summed E-state index contributed by atoms with van der Waals surface area (Å²) < 4.78 is 11.2. The average molecular weight is 609 g/mol. The number of carbonyl (C=O) groups is 1. The highest BCUT2D eigenvalue weighted by molar-refractivity contribution is 5.90. The second-order valence-corrected chi connectivity index (χ2v) is 13.7. The van der Waals surface area contributed by atoms with Crippen molar-refractivity contribution < 1.29 is 29.6 Å².